The fourth-order valence-electron chi connectivity index (χ4n) is 3.26. The third kappa shape index (κ3) is 4.74. The third-order valence-corrected chi connectivity index (χ3v) is 5.07. The van der Waals surface area contributed by atoms with E-state index in [-0.39, 0.29) is 17.9 Å². The molecule has 0 saturated carbocycles. The summed E-state index contributed by atoms with van der Waals surface area (Å²) in [5.74, 6) is 0.362. The van der Waals surface area contributed by atoms with E-state index in [4.69, 9.17) is 4.52 Å². The van der Waals surface area contributed by atoms with Crippen LogP contribution in [-0.2, 0) is 16.0 Å². The van der Waals surface area contributed by atoms with E-state index < -0.39 is 0 Å². The molecule has 1 aromatic carbocycles. The first-order valence-electron chi connectivity index (χ1n) is 9.24. The summed E-state index contributed by atoms with van der Waals surface area (Å²) in [6.45, 7) is 8.29. The number of piperazine rings is 1. The maximum atomic E-state index is 12.6. The van der Waals surface area contributed by atoms with Gasteiger partial charge >= 0.3 is 0 Å². The summed E-state index contributed by atoms with van der Waals surface area (Å²) in [5, 5.41) is 6.51. The van der Waals surface area contributed by atoms with E-state index in [1.165, 1.54) is 0 Å². The van der Waals surface area contributed by atoms with Crippen molar-refractivity contribution in [3.63, 3.8) is 0 Å². The molecule has 1 aromatic heterocycles. The number of carbonyl (C=O) groups excluding carboxylic acids is 2. The molecule has 1 saturated heterocycles. The van der Waals surface area contributed by atoms with Crippen LogP contribution in [0.25, 0.3) is 0 Å². The number of hydrogen-bond donors (Lipinski definition) is 1. The van der Waals surface area contributed by atoms with Gasteiger partial charge in [-0.2, -0.15) is 0 Å². The molecule has 0 aliphatic carbocycles. The van der Waals surface area contributed by atoms with Gasteiger partial charge in [-0.1, -0.05) is 29.4 Å². The number of rotatable bonds is 5. The first-order valence-corrected chi connectivity index (χ1v) is 9.24. The lowest BCUT2D eigenvalue weighted by Gasteiger charge is -2.37. The zero-order chi connectivity index (χ0) is 19.4. The van der Waals surface area contributed by atoms with Crippen molar-refractivity contribution < 1.29 is 14.1 Å². The summed E-state index contributed by atoms with van der Waals surface area (Å²) in [5.41, 5.74) is 2.93. The Morgan fingerprint density at radius 1 is 1.19 bits per heavy atom. The Hall–Kier alpha value is -2.67. The number of aromatic nitrogens is 1. The van der Waals surface area contributed by atoms with E-state index in [0.29, 0.717) is 38.5 Å². The number of hydrogen-bond acceptors (Lipinski definition) is 5. The van der Waals surface area contributed by atoms with E-state index in [1.54, 1.807) is 13.0 Å². The van der Waals surface area contributed by atoms with Gasteiger partial charge < -0.3 is 9.42 Å². The van der Waals surface area contributed by atoms with Crippen LogP contribution in [0.4, 0.5) is 5.88 Å². The zero-order valence-corrected chi connectivity index (χ0v) is 16.1. The molecule has 0 spiro atoms. The van der Waals surface area contributed by atoms with Gasteiger partial charge in [-0.3, -0.25) is 19.8 Å². The molecule has 27 heavy (non-hydrogen) atoms. The number of anilines is 1. The number of amides is 2. The summed E-state index contributed by atoms with van der Waals surface area (Å²) in [6, 6.07) is 9.35. The molecular weight excluding hydrogens is 344 g/mol. The molecule has 7 heteroatoms. The molecular formula is C20H26N4O3. The second-order valence-corrected chi connectivity index (χ2v) is 7.02. The van der Waals surface area contributed by atoms with Crippen LogP contribution in [0.15, 0.2) is 34.9 Å². The van der Waals surface area contributed by atoms with Crippen LogP contribution in [-0.4, -0.2) is 59.0 Å². The van der Waals surface area contributed by atoms with Gasteiger partial charge in [0.2, 0.25) is 17.7 Å². The number of carbonyl (C=O) groups is 2. The van der Waals surface area contributed by atoms with E-state index in [9.17, 15) is 9.59 Å². The minimum Gasteiger partial charge on any atom is -0.340 e. The Labute approximate surface area is 159 Å². The Bertz CT molecular complexity index is 809. The molecule has 0 radical (unpaired) electrons. The number of benzene rings is 1. The van der Waals surface area contributed by atoms with Gasteiger partial charge in [0.05, 0.1) is 18.2 Å². The molecule has 1 aliphatic heterocycles. The second-order valence-electron chi connectivity index (χ2n) is 7.02. The van der Waals surface area contributed by atoms with E-state index >= 15 is 0 Å². The summed E-state index contributed by atoms with van der Waals surface area (Å²) >= 11 is 0. The van der Waals surface area contributed by atoms with Crippen molar-refractivity contribution in [2.75, 3.05) is 31.5 Å². The van der Waals surface area contributed by atoms with E-state index in [0.717, 1.165) is 16.8 Å². The highest BCUT2D eigenvalue weighted by molar-refractivity contribution is 5.93. The molecule has 144 valence electrons. The molecule has 1 atom stereocenters. The first-order chi connectivity index (χ1) is 12.9. The number of nitrogens with zero attached hydrogens (tertiary/aromatic N) is 3. The Kier molecular flexibility index (Phi) is 5.91. The van der Waals surface area contributed by atoms with E-state index in [2.05, 4.69) is 15.4 Å². The first kappa shape index (κ1) is 19.1. The highest BCUT2D eigenvalue weighted by Crippen LogP contribution is 2.14. The summed E-state index contributed by atoms with van der Waals surface area (Å²) in [6.07, 6.45) is 0.424. The monoisotopic (exact) mass is 370 g/mol. The van der Waals surface area contributed by atoms with Crippen LogP contribution < -0.4 is 5.32 Å². The molecule has 0 bridgehead atoms. The van der Waals surface area contributed by atoms with Crippen molar-refractivity contribution >= 4 is 17.7 Å². The van der Waals surface area contributed by atoms with Gasteiger partial charge in [-0.05, 0) is 31.9 Å². The summed E-state index contributed by atoms with van der Waals surface area (Å²) in [7, 11) is 0. The molecule has 1 N–H and O–H groups in total. The molecule has 7 nitrogen and oxygen atoms in total. The minimum atomic E-state index is -0.302. The van der Waals surface area contributed by atoms with Crippen LogP contribution in [0, 0.1) is 13.8 Å². The standard InChI is InChI=1S/C20H26N4O3/c1-14-6-4-5-7-17(14)13-19(25)24-10-8-23(9-11-24)16(3)20(26)21-18-12-15(2)22-27-18/h4-7,12,16H,8-11,13H2,1-3H3,(H,21,26)/t16-/m1/s1. The average molecular weight is 370 g/mol. The molecule has 2 amide bonds. The van der Waals surface area contributed by atoms with Crippen molar-refractivity contribution in [3.8, 4) is 0 Å². The lowest BCUT2D eigenvalue weighted by molar-refractivity contribution is -0.133. The molecule has 2 aromatic rings. The van der Waals surface area contributed by atoms with Gasteiger partial charge in [0.1, 0.15) is 0 Å². The van der Waals surface area contributed by atoms with Crippen LogP contribution in [0.1, 0.15) is 23.7 Å². The molecule has 1 aliphatic rings. The highest BCUT2D eigenvalue weighted by atomic mass is 16.5. The Morgan fingerprint density at radius 2 is 1.89 bits per heavy atom. The fraction of sp³-hybridized carbons (Fsp3) is 0.450. The molecule has 1 fully saturated rings. The van der Waals surface area contributed by atoms with Crippen LogP contribution >= 0.6 is 0 Å². The second kappa shape index (κ2) is 8.35. The Balaban J connectivity index is 1.49. The molecule has 3 rings (SSSR count). The lowest BCUT2D eigenvalue weighted by Crippen LogP contribution is -2.54. The highest BCUT2D eigenvalue weighted by Gasteiger charge is 2.28. The lowest BCUT2D eigenvalue weighted by atomic mass is 10.1. The van der Waals surface area contributed by atoms with Crippen molar-refractivity contribution in [2.45, 2.75) is 33.2 Å². The molecule has 0 unspecified atom stereocenters. The van der Waals surface area contributed by atoms with E-state index in [1.807, 2.05) is 43.0 Å². The quantitative estimate of drug-likeness (QED) is 0.871. The van der Waals surface area contributed by atoms with Crippen molar-refractivity contribution in [3.05, 3.63) is 47.2 Å². The van der Waals surface area contributed by atoms with Crippen molar-refractivity contribution in [2.24, 2.45) is 0 Å². The number of aryl methyl sites for hydroxylation is 2. The number of nitrogens with one attached hydrogen (secondary N) is 1. The van der Waals surface area contributed by atoms with Crippen LogP contribution in [0.2, 0.25) is 0 Å². The van der Waals surface area contributed by atoms with Gasteiger partial charge in [0.25, 0.3) is 0 Å². The van der Waals surface area contributed by atoms with Gasteiger partial charge in [0.15, 0.2) is 0 Å². The zero-order valence-electron chi connectivity index (χ0n) is 16.1. The SMILES string of the molecule is Cc1cc(NC(=O)[C@@H](C)N2CCN(C(=O)Cc3ccccc3C)CC2)on1. The normalized spacial score (nSPS) is 16.2. The maximum absolute atomic E-state index is 12.6. The fourth-order valence-corrected chi connectivity index (χ4v) is 3.26. The summed E-state index contributed by atoms with van der Waals surface area (Å²) in [4.78, 5) is 28.9. The topological polar surface area (TPSA) is 78.7 Å². The minimum absolute atomic E-state index is 0.133. The van der Waals surface area contributed by atoms with Gasteiger partial charge in [-0.25, -0.2) is 0 Å². The predicted octanol–water partition coefficient (Wildman–Crippen LogP) is 2.01. The van der Waals surface area contributed by atoms with Crippen LogP contribution in [0.5, 0.6) is 0 Å². The van der Waals surface area contributed by atoms with Crippen molar-refractivity contribution in [1.29, 1.82) is 0 Å². The Morgan fingerprint density at radius 3 is 2.52 bits per heavy atom. The smallest absolute Gasteiger partial charge is 0.243 e. The van der Waals surface area contributed by atoms with Gasteiger partial charge in [0, 0.05) is 32.2 Å². The third-order valence-electron chi connectivity index (χ3n) is 5.07. The maximum Gasteiger partial charge on any atom is 0.243 e. The largest absolute Gasteiger partial charge is 0.340 e. The predicted molar refractivity (Wildman–Crippen MR) is 102 cm³/mol. The summed E-state index contributed by atoms with van der Waals surface area (Å²) < 4.78 is 5.03. The van der Waals surface area contributed by atoms with Gasteiger partial charge in [-0.15, -0.1) is 0 Å². The van der Waals surface area contributed by atoms with Crippen LogP contribution in [0.3, 0.4) is 0 Å². The molecule has 2 heterocycles. The van der Waals surface area contributed by atoms with Crippen molar-refractivity contribution in [1.82, 2.24) is 15.0 Å². The average Bonchev–Trinajstić information content (AvgIpc) is 3.07.